The molecule has 1 aromatic rings. The molecule has 0 aliphatic heterocycles. The standard InChI is InChI=1S/C10H10ClNO4/c1-6(2)16-10-7(5-13)3-8(11)4-9(10)12(14)15/h3-6H,1-2H3. The summed E-state index contributed by atoms with van der Waals surface area (Å²) in [6.07, 6.45) is 0.218. The molecule has 0 saturated heterocycles. The Labute approximate surface area is 97.1 Å². The fourth-order valence-electron chi connectivity index (χ4n) is 1.19. The lowest BCUT2D eigenvalue weighted by molar-refractivity contribution is -0.386. The third kappa shape index (κ3) is 2.70. The number of carbonyl (C=O) groups is 1. The van der Waals surface area contributed by atoms with Gasteiger partial charge in [-0.25, -0.2) is 0 Å². The van der Waals surface area contributed by atoms with Crippen molar-refractivity contribution < 1.29 is 14.5 Å². The molecule has 0 unspecified atom stereocenters. The largest absolute Gasteiger partial charge is 0.484 e. The van der Waals surface area contributed by atoms with Crippen LogP contribution >= 0.6 is 11.6 Å². The van der Waals surface area contributed by atoms with Gasteiger partial charge in [0.15, 0.2) is 6.29 Å². The molecule has 86 valence electrons. The Morgan fingerprint density at radius 1 is 1.50 bits per heavy atom. The van der Waals surface area contributed by atoms with E-state index in [1.165, 1.54) is 6.07 Å². The Balaban J connectivity index is 3.38. The van der Waals surface area contributed by atoms with Crippen LogP contribution in [-0.2, 0) is 0 Å². The molecular formula is C10H10ClNO4. The molecule has 0 fully saturated rings. The van der Waals surface area contributed by atoms with Crippen molar-refractivity contribution >= 4 is 23.6 Å². The van der Waals surface area contributed by atoms with E-state index in [0.717, 1.165) is 6.07 Å². The predicted molar refractivity (Wildman–Crippen MR) is 59.3 cm³/mol. The zero-order valence-electron chi connectivity index (χ0n) is 8.77. The van der Waals surface area contributed by atoms with Crippen LogP contribution in [0.1, 0.15) is 24.2 Å². The number of halogens is 1. The van der Waals surface area contributed by atoms with Gasteiger partial charge in [-0.05, 0) is 19.9 Å². The first-order valence-corrected chi connectivity index (χ1v) is 4.93. The number of nitro groups is 1. The van der Waals surface area contributed by atoms with E-state index in [4.69, 9.17) is 16.3 Å². The molecule has 0 spiro atoms. The second-order valence-electron chi connectivity index (χ2n) is 3.38. The molecular weight excluding hydrogens is 234 g/mol. The molecule has 5 nitrogen and oxygen atoms in total. The van der Waals surface area contributed by atoms with Crippen molar-refractivity contribution in [2.75, 3.05) is 0 Å². The summed E-state index contributed by atoms with van der Waals surface area (Å²) in [5.74, 6) is -0.0422. The molecule has 0 amide bonds. The summed E-state index contributed by atoms with van der Waals surface area (Å²) >= 11 is 5.66. The Kier molecular flexibility index (Phi) is 3.84. The summed E-state index contributed by atoms with van der Waals surface area (Å²) in [7, 11) is 0. The van der Waals surface area contributed by atoms with Crippen LogP contribution in [0.5, 0.6) is 5.75 Å². The van der Waals surface area contributed by atoms with Gasteiger partial charge in [-0.3, -0.25) is 14.9 Å². The average Bonchev–Trinajstić information content (AvgIpc) is 2.19. The van der Waals surface area contributed by atoms with E-state index in [2.05, 4.69) is 0 Å². The summed E-state index contributed by atoms with van der Waals surface area (Å²) in [6, 6.07) is 2.49. The third-order valence-electron chi connectivity index (χ3n) is 1.74. The van der Waals surface area contributed by atoms with Gasteiger partial charge in [0.2, 0.25) is 5.75 Å². The normalized spacial score (nSPS) is 10.2. The van der Waals surface area contributed by atoms with Crippen LogP contribution in [0.15, 0.2) is 12.1 Å². The summed E-state index contributed by atoms with van der Waals surface area (Å²) in [5.41, 5.74) is -0.226. The number of rotatable bonds is 4. The second kappa shape index (κ2) is 4.94. The fraction of sp³-hybridized carbons (Fsp3) is 0.300. The fourth-order valence-corrected chi connectivity index (χ4v) is 1.41. The van der Waals surface area contributed by atoms with Gasteiger partial charge in [-0.2, -0.15) is 0 Å². The smallest absolute Gasteiger partial charge is 0.313 e. The molecule has 6 heteroatoms. The summed E-state index contributed by atoms with van der Waals surface area (Å²) in [4.78, 5) is 20.9. The van der Waals surface area contributed by atoms with Crippen molar-refractivity contribution in [2.24, 2.45) is 0 Å². The number of carbonyl (C=O) groups excluding carboxylic acids is 1. The molecule has 0 bridgehead atoms. The first-order chi connectivity index (χ1) is 7.45. The van der Waals surface area contributed by atoms with E-state index in [1.54, 1.807) is 13.8 Å². The Bertz CT molecular complexity index is 431. The first kappa shape index (κ1) is 12.4. The molecule has 0 N–H and O–H groups in total. The molecule has 0 aliphatic carbocycles. The number of nitro benzene ring substituents is 1. The lowest BCUT2D eigenvalue weighted by Gasteiger charge is -2.11. The molecule has 16 heavy (non-hydrogen) atoms. The summed E-state index contributed by atoms with van der Waals surface area (Å²) in [5, 5.41) is 10.9. The lowest BCUT2D eigenvalue weighted by Crippen LogP contribution is -2.09. The molecule has 0 heterocycles. The minimum atomic E-state index is -0.628. The van der Waals surface area contributed by atoms with Gasteiger partial charge in [-0.15, -0.1) is 0 Å². The van der Waals surface area contributed by atoms with E-state index in [9.17, 15) is 14.9 Å². The molecule has 1 rings (SSSR count). The summed E-state index contributed by atoms with van der Waals surface area (Å²) < 4.78 is 5.25. The minimum Gasteiger partial charge on any atom is -0.484 e. The second-order valence-corrected chi connectivity index (χ2v) is 3.82. The zero-order chi connectivity index (χ0) is 12.3. The van der Waals surface area contributed by atoms with Crippen LogP contribution in [0.2, 0.25) is 5.02 Å². The average molecular weight is 244 g/mol. The summed E-state index contributed by atoms with van der Waals surface area (Å²) in [6.45, 7) is 3.43. The highest BCUT2D eigenvalue weighted by Crippen LogP contribution is 2.34. The van der Waals surface area contributed by atoms with Gasteiger partial charge in [0.1, 0.15) is 0 Å². The van der Waals surface area contributed by atoms with E-state index in [-0.39, 0.29) is 28.1 Å². The molecule has 0 atom stereocenters. The SMILES string of the molecule is CC(C)Oc1c(C=O)cc(Cl)cc1[N+](=O)[O-]. The van der Waals surface area contributed by atoms with Gasteiger partial charge in [0.05, 0.1) is 16.6 Å². The monoisotopic (exact) mass is 243 g/mol. The van der Waals surface area contributed by atoms with Crippen LogP contribution in [0.25, 0.3) is 0 Å². The van der Waals surface area contributed by atoms with Crippen molar-refractivity contribution in [2.45, 2.75) is 20.0 Å². The number of ether oxygens (including phenoxy) is 1. The molecule has 0 radical (unpaired) electrons. The van der Waals surface area contributed by atoms with Gasteiger partial charge in [0.25, 0.3) is 0 Å². The van der Waals surface area contributed by atoms with Crippen LogP contribution in [0.3, 0.4) is 0 Å². The zero-order valence-corrected chi connectivity index (χ0v) is 9.52. The molecule has 0 saturated carbocycles. The van der Waals surface area contributed by atoms with Crippen LogP contribution in [-0.4, -0.2) is 17.3 Å². The first-order valence-electron chi connectivity index (χ1n) is 4.55. The van der Waals surface area contributed by atoms with E-state index in [1.807, 2.05) is 0 Å². The van der Waals surface area contributed by atoms with Crippen molar-refractivity contribution in [3.8, 4) is 5.75 Å². The van der Waals surface area contributed by atoms with Crippen molar-refractivity contribution in [3.05, 3.63) is 32.8 Å². The van der Waals surface area contributed by atoms with Crippen molar-refractivity contribution in [3.63, 3.8) is 0 Å². The van der Waals surface area contributed by atoms with E-state index < -0.39 is 4.92 Å². The number of hydrogen-bond donors (Lipinski definition) is 0. The van der Waals surface area contributed by atoms with Gasteiger partial charge in [0, 0.05) is 11.1 Å². The molecule has 1 aromatic carbocycles. The van der Waals surface area contributed by atoms with Gasteiger partial charge in [-0.1, -0.05) is 11.6 Å². The maximum absolute atomic E-state index is 10.8. The highest BCUT2D eigenvalue weighted by Gasteiger charge is 2.21. The minimum absolute atomic E-state index is 0.0422. The topological polar surface area (TPSA) is 69.4 Å². The van der Waals surface area contributed by atoms with E-state index >= 15 is 0 Å². The van der Waals surface area contributed by atoms with E-state index in [0.29, 0.717) is 6.29 Å². The van der Waals surface area contributed by atoms with Crippen LogP contribution in [0, 0.1) is 10.1 Å². The van der Waals surface area contributed by atoms with Crippen LogP contribution < -0.4 is 4.74 Å². The molecule has 0 aromatic heterocycles. The third-order valence-corrected chi connectivity index (χ3v) is 1.96. The Morgan fingerprint density at radius 2 is 2.12 bits per heavy atom. The van der Waals surface area contributed by atoms with Gasteiger partial charge < -0.3 is 4.74 Å². The quantitative estimate of drug-likeness (QED) is 0.463. The number of hydrogen-bond acceptors (Lipinski definition) is 4. The Morgan fingerprint density at radius 3 is 2.56 bits per heavy atom. The maximum Gasteiger partial charge on any atom is 0.313 e. The van der Waals surface area contributed by atoms with Gasteiger partial charge >= 0.3 is 5.69 Å². The highest BCUT2D eigenvalue weighted by molar-refractivity contribution is 6.31. The van der Waals surface area contributed by atoms with Crippen molar-refractivity contribution in [1.82, 2.24) is 0 Å². The Hall–Kier alpha value is -1.62. The lowest BCUT2D eigenvalue weighted by atomic mass is 10.2. The maximum atomic E-state index is 10.8. The number of benzene rings is 1. The number of aldehydes is 1. The van der Waals surface area contributed by atoms with Crippen LogP contribution in [0.4, 0.5) is 5.69 Å². The predicted octanol–water partition coefficient (Wildman–Crippen LogP) is 2.85. The number of nitrogens with zero attached hydrogens (tertiary/aromatic N) is 1. The van der Waals surface area contributed by atoms with Crippen molar-refractivity contribution in [1.29, 1.82) is 0 Å². The highest BCUT2D eigenvalue weighted by atomic mass is 35.5. The molecule has 0 aliphatic rings.